The lowest BCUT2D eigenvalue weighted by Crippen LogP contribution is -1.98. The van der Waals surface area contributed by atoms with E-state index in [2.05, 4.69) is 179 Å². The van der Waals surface area contributed by atoms with E-state index in [0.717, 1.165) is 56.0 Å². The molecule has 0 unspecified atom stereocenters. The first-order chi connectivity index (χ1) is 27.3. The Kier molecular flexibility index (Phi) is 6.47. The highest BCUT2D eigenvalue weighted by Gasteiger charge is 2.19. The van der Waals surface area contributed by atoms with E-state index in [0.29, 0.717) is 0 Å². The standard InChI is InChI=1S/C50H30N4S/c1-7-20-43-35(14-1)36-15-2-8-21-44(36)54(43)34-25-27-46-40(30-34)37-16-3-9-22-45(37)53(46)33-13-11-12-31(28-33)49-50(52-42-19-6-5-18-41(42)51-49)32-24-26-39-38-17-4-10-23-47(38)55-48(39)29-32/h1-30H. The van der Waals surface area contributed by atoms with E-state index in [1.165, 1.54) is 52.8 Å². The van der Waals surface area contributed by atoms with Gasteiger partial charge in [0, 0.05) is 64.2 Å². The Morgan fingerprint density at radius 3 is 1.51 bits per heavy atom. The van der Waals surface area contributed by atoms with Crippen LogP contribution in [0.4, 0.5) is 0 Å². The van der Waals surface area contributed by atoms with Crippen LogP contribution in [-0.2, 0) is 0 Å². The van der Waals surface area contributed by atoms with Gasteiger partial charge in [-0.3, -0.25) is 0 Å². The topological polar surface area (TPSA) is 35.6 Å². The minimum absolute atomic E-state index is 0.871. The van der Waals surface area contributed by atoms with Crippen LogP contribution in [0.1, 0.15) is 0 Å². The summed E-state index contributed by atoms with van der Waals surface area (Å²) in [6, 6.07) is 65.3. The zero-order chi connectivity index (χ0) is 36.0. The molecule has 55 heavy (non-hydrogen) atoms. The molecule has 5 heteroatoms. The monoisotopic (exact) mass is 718 g/mol. The quantitative estimate of drug-likeness (QED) is 0.182. The summed E-state index contributed by atoms with van der Waals surface area (Å²) in [6.45, 7) is 0. The van der Waals surface area contributed by atoms with Crippen LogP contribution in [0.25, 0.3) is 109 Å². The van der Waals surface area contributed by atoms with Gasteiger partial charge in [0.05, 0.1) is 44.5 Å². The van der Waals surface area contributed by atoms with Crippen molar-refractivity contribution in [3.8, 4) is 33.9 Å². The van der Waals surface area contributed by atoms with E-state index in [9.17, 15) is 0 Å². The second kappa shape index (κ2) is 11.7. The minimum Gasteiger partial charge on any atom is -0.309 e. The van der Waals surface area contributed by atoms with Gasteiger partial charge < -0.3 is 9.13 Å². The van der Waals surface area contributed by atoms with Crippen molar-refractivity contribution >= 4 is 86.2 Å². The molecule has 0 bridgehead atoms. The van der Waals surface area contributed by atoms with Gasteiger partial charge in [0.2, 0.25) is 0 Å². The van der Waals surface area contributed by atoms with Gasteiger partial charge in [-0.25, -0.2) is 9.97 Å². The molecule has 0 spiro atoms. The lowest BCUT2D eigenvalue weighted by atomic mass is 10.0. The summed E-state index contributed by atoms with van der Waals surface area (Å²) in [6.07, 6.45) is 0. The Balaban J connectivity index is 1.05. The lowest BCUT2D eigenvalue weighted by molar-refractivity contribution is 1.16. The Hall–Kier alpha value is -7.08. The van der Waals surface area contributed by atoms with Crippen molar-refractivity contribution in [3.05, 3.63) is 182 Å². The van der Waals surface area contributed by atoms with Crippen LogP contribution in [0, 0.1) is 0 Å². The Labute approximate surface area is 319 Å². The van der Waals surface area contributed by atoms with Crippen LogP contribution in [0.2, 0.25) is 0 Å². The maximum Gasteiger partial charge on any atom is 0.0973 e. The van der Waals surface area contributed by atoms with Crippen molar-refractivity contribution in [2.24, 2.45) is 0 Å². The molecular weight excluding hydrogens is 689 g/mol. The van der Waals surface area contributed by atoms with Crippen LogP contribution < -0.4 is 0 Å². The van der Waals surface area contributed by atoms with Gasteiger partial charge in [-0.15, -0.1) is 11.3 Å². The van der Waals surface area contributed by atoms with Crippen molar-refractivity contribution in [3.63, 3.8) is 0 Å². The van der Waals surface area contributed by atoms with E-state index in [-0.39, 0.29) is 0 Å². The van der Waals surface area contributed by atoms with Crippen molar-refractivity contribution in [1.29, 1.82) is 0 Å². The average molecular weight is 719 g/mol. The van der Waals surface area contributed by atoms with Gasteiger partial charge in [0.1, 0.15) is 0 Å². The largest absolute Gasteiger partial charge is 0.309 e. The summed E-state index contributed by atoms with van der Waals surface area (Å²) in [5.74, 6) is 0. The van der Waals surface area contributed by atoms with Crippen molar-refractivity contribution in [1.82, 2.24) is 19.1 Å². The number of thiophene rings is 1. The molecule has 4 nitrogen and oxygen atoms in total. The number of aromatic nitrogens is 4. The van der Waals surface area contributed by atoms with E-state index in [1.807, 2.05) is 23.5 Å². The lowest BCUT2D eigenvalue weighted by Gasteiger charge is -2.14. The molecule has 0 fully saturated rings. The Morgan fingerprint density at radius 2 is 0.836 bits per heavy atom. The molecule has 0 saturated carbocycles. The molecule has 0 N–H and O–H groups in total. The third-order valence-electron chi connectivity index (χ3n) is 11.1. The molecular formula is C50H30N4S. The molecule has 0 saturated heterocycles. The van der Waals surface area contributed by atoms with Crippen LogP contribution in [0.3, 0.4) is 0 Å². The maximum atomic E-state index is 5.31. The second-order valence-electron chi connectivity index (χ2n) is 14.2. The normalized spacial score (nSPS) is 12.0. The van der Waals surface area contributed by atoms with Crippen LogP contribution >= 0.6 is 11.3 Å². The number of benzene rings is 8. The predicted molar refractivity (Wildman–Crippen MR) is 232 cm³/mol. The third kappa shape index (κ3) is 4.57. The fourth-order valence-corrected chi connectivity index (χ4v) is 9.79. The number of nitrogens with zero attached hydrogens (tertiary/aromatic N) is 4. The number of fused-ring (bicyclic) bond motifs is 10. The SMILES string of the molecule is c1cc(-c2nc3ccccc3nc2-c2ccc3c(c2)sc2ccccc23)cc(-n2c3ccccc3c3cc(-n4c5ccccc5c5ccccc54)ccc32)c1. The molecule has 256 valence electrons. The third-order valence-corrected chi connectivity index (χ3v) is 12.2. The zero-order valence-corrected chi connectivity index (χ0v) is 30.3. The van der Waals surface area contributed by atoms with Gasteiger partial charge in [-0.2, -0.15) is 0 Å². The molecule has 0 atom stereocenters. The molecule has 0 radical (unpaired) electrons. The molecule has 0 aliphatic carbocycles. The van der Waals surface area contributed by atoms with E-state index < -0.39 is 0 Å². The highest BCUT2D eigenvalue weighted by Crippen LogP contribution is 2.40. The maximum absolute atomic E-state index is 5.31. The molecule has 0 amide bonds. The Morgan fingerprint density at radius 1 is 0.327 bits per heavy atom. The molecule has 8 aromatic carbocycles. The highest BCUT2D eigenvalue weighted by atomic mass is 32.1. The molecule has 0 aliphatic heterocycles. The molecule has 4 aromatic heterocycles. The summed E-state index contributed by atoms with van der Waals surface area (Å²) in [4.78, 5) is 10.6. The van der Waals surface area contributed by atoms with Gasteiger partial charge in [-0.1, -0.05) is 109 Å². The fourth-order valence-electron chi connectivity index (χ4n) is 8.65. The van der Waals surface area contributed by atoms with E-state index >= 15 is 0 Å². The highest BCUT2D eigenvalue weighted by molar-refractivity contribution is 7.25. The number of rotatable bonds is 4. The molecule has 4 heterocycles. The minimum atomic E-state index is 0.871. The van der Waals surface area contributed by atoms with Crippen molar-refractivity contribution in [2.45, 2.75) is 0 Å². The molecule has 0 aliphatic rings. The summed E-state index contributed by atoms with van der Waals surface area (Å²) in [5, 5.41) is 7.51. The van der Waals surface area contributed by atoms with E-state index in [4.69, 9.17) is 9.97 Å². The summed E-state index contributed by atoms with van der Waals surface area (Å²) in [7, 11) is 0. The summed E-state index contributed by atoms with van der Waals surface area (Å²) < 4.78 is 7.33. The molecule has 12 aromatic rings. The van der Waals surface area contributed by atoms with Crippen LogP contribution in [0.15, 0.2) is 182 Å². The van der Waals surface area contributed by atoms with E-state index in [1.54, 1.807) is 0 Å². The first-order valence-corrected chi connectivity index (χ1v) is 19.4. The fraction of sp³-hybridized carbons (Fsp3) is 0. The average Bonchev–Trinajstić information content (AvgIpc) is 3.90. The number of hydrogen-bond acceptors (Lipinski definition) is 3. The van der Waals surface area contributed by atoms with Crippen molar-refractivity contribution in [2.75, 3.05) is 0 Å². The molecule has 12 rings (SSSR count). The first kappa shape index (κ1) is 30.4. The van der Waals surface area contributed by atoms with Gasteiger partial charge in [0.15, 0.2) is 0 Å². The summed E-state index contributed by atoms with van der Waals surface area (Å²) in [5.41, 5.74) is 12.6. The smallest absolute Gasteiger partial charge is 0.0973 e. The Bertz CT molecular complexity index is 3460. The first-order valence-electron chi connectivity index (χ1n) is 18.6. The van der Waals surface area contributed by atoms with Crippen LogP contribution in [0.5, 0.6) is 0 Å². The predicted octanol–water partition coefficient (Wildman–Crippen LogP) is 13.5. The van der Waals surface area contributed by atoms with Crippen LogP contribution in [-0.4, -0.2) is 19.1 Å². The van der Waals surface area contributed by atoms with Gasteiger partial charge >= 0.3 is 0 Å². The summed E-state index contributed by atoms with van der Waals surface area (Å²) >= 11 is 1.83. The number of para-hydroxylation sites is 5. The van der Waals surface area contributed by atoms with Gasteiger partial charge in [-0.05, 0) is 72.8 Å². The van der Waals surface area contributed by atoms with Crippen molar-refractivity contribution < 1.29 is 0 Å². The van der Waals surface area contributed by atoms with Gasteiger partial charge in [0.25, 0.3) is 0 Å². The zero-order valence-electron chi connectivity index (χ0n) is 29.5. The number of hydrogen-bond donors (Lipinski definition) is 0. The second-order valence-corrected chi connectivity index (χ2v) is 15.3.